The highest BCUT2D eigenvalue weighted by Gasteiger charge is 2.19. The van der Waals surface area contributed by atoms with E-state index in [1.54, 1.807) is 0 Å². The predicted molar refractivity (Wildman–Crippen MR) is 101 cm³/mol. The second-order valence-electron chi connectivity index (χ2n) is 5.68. The van der Waals surface area contributed by atoms with E-state index in [2.05, 4.69) is 21.6 Å². The van der Waals surface area contributed by atoms with Crippen LogP contribution in [0.3, 0.4) is 0 Å². The van der Waals surface area contributed by atoms with Gasteiger partial charge in [0.25, 0.3) is 0 Å². The lowest BCUT2D eigenvalue weighted by molar-refractivity contribution is -0.115. The second-order valence-corrected chi connectivity index (χ2v) is 6.99. The van der Waals surface area contributed by atoms with Crippen LogP contribution < -0.4 is 5.32 Å². The first-order valence-corrected chi connectivity index (χ1v) is 8.86. The van der Waals surface area contributed by atoms with Gasteiger partial charge >= 0.3 is 0 Å². The van der Waals surface area contributed by atoms with Crippen LogP contribution in [-0.4, -0.2) is 25.8 Å². The van der Waals surface area contributed by atoms with Crippen molar-refractivity contribution in [3.8, 4) is 0 Å². The summed E-state index contributed by atoms with van der Waals surface area (Å²) in [5.41, 5.74) is 2.59. The van der Waals surface area contributed by atoms with Gasteiger partial charge in [-0.2, -0.15) is 0 Å². The number of nitrogens with zero attached hydrogens (tertiary/aromatic N) is 3. The summed E-state index contributed by atoms with van der Waals surface area (Å²) in [7, 11) is 0. The third kappa shape index (κ3) is 3.08. The first kappa shape index (κ1) is 15.7. The second kappa shape index (κ2) is 6.57. The monoisotopic (exact) mass is 348 g/mol. The Morgan fingerprint density at radius 1 is 1.00 bits per heavy atom. The van der Waals surface area contributed by atoms with Crippen LogP contribution in [-0.2, 0) is 4.79 Å². The molecule has 0 aliphatic heterocycles. The fourth-order valence-electron chi connectivity index (χ4n) is 2.67. The molecule has 0 radical (unpaired) electrons. The molecule has 1 unspecified atom stereocenters. The van der Waals surface area contributed by atoms with E-state index in [0.717, 1.165) is 22.2 Å². The van der Waals surface area contributed by atoms with E-state index in [-0.39, 0.29) is 11.2 Å². The van der Waals surface area contributed by atoms with Gasteiger partial charge < -0.3 is 5.32 Å². The lowest BCUT2D eigenvalue weighted by Crippen LogP contribution is -2.22. The van der Waals surface area contributed by atoms with Crippen LogP contribution in [0.15, 0.2) is 71.9 Å². The molecule has 2 aromatic heterocycles. The van der Waals surface area contributed by atoms with Crippen molar-refractivity contribution in [3.63, 3.8) is 0 Å². The van der Waals surface area contributed by atoms with Gasteiger partial charge in [0.2, 0.25) is 5.91 Å². The number of aromatic nitrogens is 3. The summed E-state index contributed by atoms with van der Waals surface area (Å²) in [5, 5.41) is 12.9. The van der Waals surface area contributed by atoms with Crippen LogP contribution >= 0.6 is 11.8 Å². The smallest absolute Gasteiger partial charge is 0.237 e. The minimum absolute atomic E-state index is 0.0619. The molecule has 0 spiro atoms. The number of para-hydroxylation sites is 2. The number of benzene rings is 2. The summed E-state index contributed by atoms with van der Waals surface area (Å²) in [6.07, 6.45) is 0. The molecular weight excluding hydrogens is 332 g/mol. The summed E-state index contributed by atoms with van der Waals surface area (Å²) >= 11 is 1.40. The quantitative estimate of drug-likeness (QED) is 0.566. The first-order chi connectivity index (χ1) is 12.2. The van der Waals surface area contributed by atoms with Crippen molar-refractivity contribution in [2.24, 2.45) is 0 Å². The Morgan fingerprint density at radius 3 is 2.60 bits per heavy atom. The number of thioether (sulfide) groups is 1. The molecule has 4 aromatic rings. The molecule has 124 valence electrons. The molecule has 5 nitrogen and oxygen atoms in total. The molecule has 0 bridgehead atoms. The van der Waals surface area contributed by atoms with E-state index in [9.17, 15) is 4.79 Å². The highest BCUT2D eigenvalue weighted by Crippen LogP contribution is 2.26. The van der Waals surface area contributed by atoms with Crippen molar-refractivity contribution in [3.05, 3.63) is 66.7 Å². The first-order valence-electron chi connectivity index (χ1n) is 7.98. The average Bonchev–Trinajstić information content (AvgIpc) is 3.06. The number of hydrogen-bond acceptors (Lipinski definition) is 4. The maximum Gasteiger partial charge on any atom is 0.237 e. The van der Waals surface area contributed by atoms with Crippen LogP contribution in [0.5, 0.6) is 0 Å². The molecule has 0 saturated carbocycles. The fraction of sp³-hybridized carbons (Fsp3) is 0.105. The van der Waals surface area contributed by atoms with Gasteiger partial charge in [-0.05, 0) is 42.6 Å². The molecule has 0 aliphatic rings. The van der Waals surface area contributed by atoms with Crippen LogP contribution in [0.25, 0.3) is 16.6 Å². The normalized spacial score (nSPS) is 12.4. The maximum atomic E-state index is 12.4. The summed E-state index contributed by atoms with van der Waals surface area (Å²) in [4.78, 5) is 12.4. The highest BCUT2D eigenvalue weighted by atomic mass is 32.2. The number of nitrogens with one attached hydrogen (secondary N) is 1. The summed E-state index contributed by atoms with van der Waals surface area (Å²) < 4.78 is 1.99. The highest BCUT2D eigenvalue weighted by molar-refractivity contribution is 8.00. The molecule has 1 amide bonds. The zero-order valence-electron chi connectivity index (χ0n) is 13.6. The predicted octanol–water partition coefficient (Wildman–Crippen LogP) is 4.00. The summed E-state index contributed by atoms with van der Waals surface area (Å²) in [5.74, 6) is -0.0619. The van der Waals surface area contributed by atoms with Crippen LogP contribution in [0.4, 0.5) is 5.69 Å². The fourth-order valence-corrected chi connectivity index (χ4v) is 3.53. The molecule has 6 heteroatoms. The van der Waals surface area contributed by atoms with Gasteiger partial charge in [-0.15, -0.1) is 10.2 Å². The van der Waals surface area contributed by atoms with E-state index in [1.807, 2.05) is 72.0 Å². The van der Waals surface area contributed by atoms with Crippen molar-refractivity contribution in [1.82, 2.24) is 14.6 Å². The van der Waals surface area contributed by atoms with Crippen molar-refractivity contribution >= 4 is 39.9 Å². The number of amides is 1. The standard InChI is InChI=1S/C19H16N4OS/c1-13(18(24)20-15-8-3-2-4-9-15)25-19-22-21-17-12-11-14-7-5-6-10-16(14)23(17)19/h2-13H,1H3,(H,20,24). The SMILES string of the molecule is CC(Sc1nnc2ccc3ccccc3n12)C(=O)Nc1ccccc1. The van der Waals surface area contributed by atoms with E-state index >= 15 is 0 Å². The van der Waals surface area contributed by atoms with Gasteiger partial charge in [0, 0.05) is 5.69 Å². The number of hydrogen-bond donors (Lipinski definition) is 1. The number of carbonyl (C=O) groups excluding carboxylic acids is 1. The minimum atomic E-state index is -0.299. The Labute approximate surface area is 149 Å². The van der Waals surface area contributed by atoms with Crippen LogP contribution in [0.2, 0.25) is 0 Å². The average molecular weight is 348 g/mol. The molecule has 25 heavy (non-hydrogen) atoms. The molecular formula is C19H16N4OS. The van der Waals surface area contributed by atoms with E-state index < -0.39 is 0 Å². The van der Waals surface area contributed by atoms with Crippen LogP contribution in [0, 0.1) is 0 Å². The van der Waals surface area contributed by atoms with E-state index in [4.69, 9.17) is 0 Å². The largest absolute Gasteiger partial charge is 0.325 e. The number of fused-ring (bicyclic) bond motifs is 3. The minimum Gasteiger partial charge on any atom is -0.325 e. The number of anilines is 1. The molecule has 0 aliphatic carbocycles. The Balaban J connectivity index is 1.62. The third-order valence-electron chi connectivity index (χ3n) is 3.94. The Bertz CT molecular complexity index is 1050. The van der Waals surface area contributed by atoms with Gasteiger partial charge in [0.1, 0.15) is 0 Å². The maximum absolute atomic E-state index is 12.4. The molecule has 4 rings (SSSR count). The summed E-state index contributed by atoms with van der Waals surface area (Å²) in [6, 6.07) is 21.5. The van der Waals surface area contributed by atoms with Crippen molar-refractivity contribution in [2.75, 3.05) is 5.32 Å². The Kier molecular flexibility index (Phi) is 4.11. The van der Waals surface area contributed by atoms with Gasteiger partial charge in [0.15, 0.2) is 10.8 Å². The molecule has 2 heterocycles. The van der Waals surface area contributed by atoms with Crippen molar-refractivity contribution in [2.45, 2.75) is 17.3 Å². The van der Waals surface area contributed by atoms with E-state index in [0.29, 0.717) is 5.16 Å². The lowest BCUT2D eigenvalue weighted by Gasteiger charge is -2.11. The zero-order valence-corrected chi connectivity index (χ0v) is 14.4. The topological polar surface area (TPSA) is 59.3 Å². The van der Waals surface area contributed by atoms with Gasteiger partial charge in [-0.3, -0.25) is 9.20 Å². The van der Waals surface area contributed by atoms with E-state index in [1.165, 1.54) is 11.8 Å². The third-order valence-corrected chi connectivity index (χ3v) is 4.98. The van der Waals surface area contributed by atoms with Gasteiger partial charge in [-0.1, -0.05) is 48.2 Å². The van der Waals surface area contributed by atoms with Crippen molar-refractivity contribution in [1.29, 1.82) is 0 Å². The number of carbonyl (C=O) groups is 1. The number of pyridine rings is 1. The molecule has 0 saturated heterocycles. The Morgan fingerprint density at radius 2 is 1.76 bits per heavy atom. The number of rotatable bonds is 4. The molecule has 1 atom stereocenters. The molecule has 1 N–H and O–H groups in total. The van der Waals surface area contributed by atoms with Crippen molar-refractivity contribution < 1.29 is 4.79 Å². The Hall–Kier alpha value is -2.86. The van der Waals surface area contributed by atoms with Gasteiger partial charge in [-0.25, -0.2) is 0 Å². The van der Waals surface area contributed by atoms with Crippen LogP contribution in [0.1, 0.15) is 6.92 Å². The lowest BCUT2D eigenvalue weighted by atomic mass is 10.2. The summed E-state index contributed by atoms with van der Waals surface area (Å²) in [6.45, 7) is 1.87. The molecule has 0 fully saturated rings. The zero-order chi connectivity index (χ0) is 17.2. The molecule has 2 aromatic carbocycles. The van der Waals surface area contributed by atoms with Gasteiger partial charge in [0.05, 0.1) is 10.8 Å².